The van der Waals surface area contributed by atoms with Crippen molar-refractivity contribution in [2.75, 3.05) is 18.1 Å². The maximum absolute atomic E-state index is 12.6. The quantitative estimate of drug-likeness (QED) is 0.844. The van der Waals surface area contributed by atoms with Gasteiger partial charge in [-0.25, -0.2) is 4.79 Å². The average molecular weight is 285 g/mol. The van der Waals surface area contributed by atoms with E-state index in [-0.39, 0.29) is 31.9 Å². The van der Waals surface area contributed by atoms with E-state index in [9.17, 15) is 13.5 Å². The number of hydrogen-bond acceptors (Lipinski definition) is 5. The second kappa shape index (κ2) is 5.98. The summed E-state index contributed by atoms with van der Waals surface area (Å²) in [6.07, 6.45) is 1.97. The van der Waals surface area contributed by atoms with Gasteiger partial charge in [0.05, 0.1) is 11.9 Å². The van der Waals surface area contributed by atoms with Crippen LogP contribution in [0, 0.1) is 0 Å². The normalized spacial score (nSPS) is 16.1. The van der Waals surface area contributed by atoms with Crippen molar-refractivity contribution < 1.29 is 18.6 Å². The Hall–Kier alpha value is -1.67. The fourth-order valence-electron chi connectivity index (χ4n) is 1.77. The summed E-state index contributed by atoms with van der Waals surface area (Å²) in [4.78, 5) is 28.6. The molecule has 0 spiro atoms. The zero-order chi connectivity index (χ0) is 13.8. The maximum atomic E-state index is 12.6. The predicted molar refractivity (Wildman–Crippen MR) is 67.9 cm³/mol. The molecule has 0 unspecified atom stereocenters. The SMILES string of the molecule is O=C1CCN(c2ccc(CCO)nc2)C(=O)N1SF. The van der Waals surface area contributed by atoms with Gasteiger partial charge in [-0.1, -0.05) is 0 Å². The molecule has 1 aliphatic rings. The number of urea groups is 1. The summed E-state index contributed by atoms with van der Waals surface area (Å²) in [6.45, 7) is 0.200. The van der Waals surface area contributed by atoms with E-state index in [0.717, 1.165) is 0 Å². The van der Waals surface area contributed by atoms with Gasteiger partial charge in [0.25, 0.3) is 0 Å². The molecule has 1 saturated heterocycles. The number of aliphatic hydroxyl groups is 1. The van der Waals surface area contributed by atoms with Crippen LogP contribution in [0.25, 0.3) is 0 Å². The Morgan fingerprint density at radius 1 is 1.42 bits per heavy atom. The van der Waals surface area contributed by atoms with E-state index in [1.807, 2.05) is 0 Å². The highest BCUT2D eigenvalue weighted by atomic mass is 32.2. The van der Waals surface area contributed by atoms with Gasteiger partial charge in [0.2, 0.25) is 5.91 Å². The van der Waals surface area contributed by atoms with Gasteiger partial charge < -0.3 is 5.11 Å². The molecule has 1 aromatic heterocycles. The molecule has 19 heavy (non-hydrogen) atoms. The molecule has 1 aromatic rings. The lowest BCUT2D eigenvalue weighted by Crippen LogP contribution is -2.49. The summed E-state index contributed by atoms with van der Waals surface area (Å²) in [6, 6.07) is 2.63. The molecule has 0 aromatic carbocycles. The van der Waals surface area contributed by atoms with E-state index in [4.69, 9.17) is 5.11 Å². The van der Waals surface area contributed by atoms with Crippen LogP contribution in [0.5, 0.6) is 0 Å². The molecule has 3 amide bonds. The lowest BCUT2D eigenvalue weighted by Gasteiger charge is -2.30. The molecular weight excluding hydrogens is 273 g/mol. The largest absolute Gasteiger partial charge is 0.396 e. The van der Waals surface area contributed by atoms with Crippen molar-refractivity contribution in [1.82, 2.24) is 9.29 Å². The summed E-state index contributed by atoms with van der Waals surface area (Å²) in [5, 5.41) is 8.78. The van der Waals surface area contributed by atoms with Crippen LogP contribution in [0.1, 0.15) is 12.1 Å². The number of hydrogen-bond donors (Lipinski definition) is 1. The highest BCUT2D eigenvalue weighted by Crippen LogP contribution is 2.25. The van der Waals surface area contributed by atoms with E-state index in [0.29, 0.717) is 22.1 Å². The Balaban J connectivity index is 2.17. The van der Waals surface area contributed by atoms with Gasteiger partial charge in [0.1, 0.15) is 0 Å². The third-order valence-corrected chi connectivity index (χ3v) is 3.24. The summed E-state index contributed by atoms with van der Waals surface area (Å²) in [7, 11) is 0. The van der Waals surface area contributed by atoms with Crippen molar-refractivity contribution in [2.24, 2.45) is 0 Å². The molecule has 6 nitrogen and oxygen atoms in total. The van der Waals surface area contributed by atoms with Crippen LogP contribution >= 0.6 is 12.3 Å². The fourth-order valence-corrected chi connectivity index (χ4v) is 2.09. The molecule has 0 radical (unpaired) electrons. The molecular formula is C11H12FN3O3S. The highest BCUT2D eigenvalue weighted by Gasteiger charge is 2.34. The molecule has 0 bridgehead atoms. The van der Waals surface area contributed by atoms with Gasteiger partial charge in [0, 0.05) is 31.7 Å². The first-order valence-electron chi connectivity index (χ1n) is 5.66. The van der Waals surface area contributed by atoms with E-state index < -0.39 is 11.9 Å². The number of aliphatic hydroxyl groups excluding tert-OH is 1. The topological polar surface area (TPSA) is 73.7 Å². The average Bonchev–Trinajstić information content (AvgIpc) is 2.41. The van der Waals surface area contributed by atoms with E-state index in [1.165, 1.54) is 11.1 Å². The summed E-state index contributed by atoms with van der Waals surface area (Å²) in [5.74, 6) is -0.543. The molecule has 0 atom stereocenters. The van der Waals surface area contributed by atoms with E-state index in [1.54, 1.807) is 12.1 Å². The molecule has 2 rings (SSSR count). The summed E-state index contributed by atoms with van der Waals surface area (Å²) < 4.78 is 13.1. The van der Waals surface area contributed by atoms with E-state index >= 15 is 0 Å². The zero-order valence-electron chi connectivity index (χ0n) is 9.95. The first-order chi connectivity index (χ1) is 9.17. The number of imide groups is 1. The smallest absolute Gasteiger partial charge is 0.343 e. The molecule has 0 saturated carbocycles. The molecule has 2 heterocycles. The van der Waals surface area contributed by atoms with Crippen LogP contribution in [-0.2, 0) is 11.2 Å². The Kier molecular flexibility index (Phi) is 4.33. The van der Waals surface area contributed by atoms with Crippen LogP contribution < -0.4 is 4.90 Å². The van der Waals surface area contributed by atoms with Crippen molar-refractivity contribution in [1.29, 1.82) is 0 Å². The fraction of sp³-hybridized carbons (Fsp3) is 0.364. The number of pyridine rings is 1. The highest BCUT2D eigenvalue weighted by molar-refractivity contribution is 7.93. The van der Waals surface area contributed by atoms with Crippen LogP contribution in [0.15, 0.2) is 18.3 Å². The molecule has 1 fully saturated rings. The summed E-state index contributed by atoms with van der Waals surface area (Å²) in [5.41, 5.74) is 1.20. The Bertz CT molecular complexity index is 483. The van der Waals surface area contributed by atoms with Gasteiger partial charge in [-0.3, -0.25) is 14.7 Å². The van der Waals surface area contributed by atoms with Crippen molar-refractivity contribution in [3.8, 4) is 0 Å². The number of rotatable bonds is 4. The molecule has 102 valence electrons. The Labute approximate surface area is 113 Å². The van der Waals surface area contributed by atoms with Gasteiger partial charge in [-0.15, -0.1) is 3.89 Å². The van der Waals surface area contributed by atoms with Crippen LogP contribution in [0.4, 0.5) is 14.4 Å². The van der Waals surface area contributed by atoms with Gasteiger partial charge in [0.15, 0.2) is 12.3 Å². The number of carbonyl (C=O) groups is 2. The monoisotopic (exact) mass is 285 g/mol. The standard InChI is InChI=1S/C11H12FN3O3S/c12-19-15-10(17)3-5-14(11(15)18)9-2-1-8(4-6-16)13-7-9/h1-2,7,16H,3-6H2. The summed E-state index contributed by atoms with van der Waals surface area (Å²) >= 11 is -0.389. The molecule has 0 aliphatic carbocycles. The minimum Gasteiger partial charge on any atom is -0.396 e. The number of carbonyl (C=O) groups excluding carboxylic acids is 2. The Morgan fingerprint density at radius 2 is 2.21 bits per heavy atom. The third kappa shape index (κ3) is 2.85. The molecule has 1 aliphatic heterocycles. The predicted octanol–water partition coefficient (Wildman–Crippen LogP) is 1.31. The first-order valence-corrected chi connectivity index (χ1v) is 6.33. The number of amides is 3. The third-order valence-electron chi connectivity index (χ3n) is 2.74. The lowest BCUT2D eigenvalue weighted by molar-refractivity contribution is -0.124. The minimum atomic E-state index is -0.708. The second-order valence-electron chi connectivity index (χ2n) is 3.92. The number of halogens is 1. The van der Waals surface area contributed by atoms with Crippen LogP contribution in [-0.4, -0.2) is 39.5 Å². The van der Waals surface area contributed by atoms with Crippen LogP contribution in [0.3, 0.4) is 0 Å². The van der Waals surface area contributed by atoms with Gasteiger partial charge in [-0.05, 0) is 12.1 Å². The maximum Gasteiger partial charge on any atom is 0.343 e. The van der Waals surface area contributed by atoms with Crippen molar-refractivity contribution in [3.05, 3.63) is 24.0 Å². The number of nitrogens with zero attached hydrogens (tertiary/aromatic N) is 3. The van der Waals surface area contributed by atoms with Crippen molar-refractivity contribution in [2.45, 2.75) is 12.8 Å². The van der Waals surface area contributed by atoms with Gasteiger partial charge in [-0.2, -0.15) is 4.31 Å². The van der Waals surface area contributed by atoms with Crippen molar-refractivity contribution >= 4 is 30.0 Å². The number of aromatic nitrogens is 1. The zero-order valence-corrected chi connectivity index (χ0v) is 10.8. The second-order valence-corrected chi connectivity index (χ2v) is 4.43. The van der Waals surface area contributed by atoms with Gasteiger partial charge >= 0.3 is 6.03 Å². The lowest BCUT2D eigenvalue weighted by atomic mass is 10.2. The molecule has 8 heteroatoms. The van der Waals surface area contributed by atoms with Crippen LogP contribution in [0.2, 0.25) is 0 Å². The number of anilines is 1. The molecule has 1 N–H and O–H groups in total. The van der Waals surface area contributed by atoms with Crippen molar-refractivity contribution in [3.63, 3.8) is 0 Å². The van der Waals surface area contributed by atoms with E-state index in [2.05, 4.69) is 4.98 Å². The minimum absolute atomic E-state index is 0.00420. The Morgan fingerprint density at radius 3 is 2.79 bits per heavy atom. The first kappa shape index (κ1) is 13.8.